The van der Waals surface area contributed by atoms with E-state index < -0.39 is 23.7 Å². The number of benzene rings is 4. The van der Waals surface area contributed by atoms with Crippen LogP contribution in [0.3, 0.4) is 0 Å². The summed E-state index contributed by atoms with van der Waals surface area (Å²) in [6, 6.07) is 22.9. The third-order valence-electron chi connectivity index (χ3n) is 8.93. The zero-order valence-corrected chi connectivity index (χ0v) is 30.6. The standard InChI is InChI=1S/C40H39F3N6O6/c1-47-16-18-48(19-17-47)30-10-8-26(9-11-30)20-36-44-15-14-37(46-36)49(34-13-12-31(52-2)25-35(34)54-4)39(51)55-33-22-27(21-32(24-33)53-3)38(50)45-29-7-5-6-28(23-29)40(41,42)43/h5-15,21-25H,16-20H2,1-4H3,(H,45,50). The van der Waals surface area contributed by atoms with Crippen LogP contribution in [0, 0.1) is 0 Å². The molecule has 1 aliphatic heterocycles. The molecule has 1 N–H and O–H groups in total. The van der Waals surface area contributed by atoms with Gasteiger partial charge in [0.1, 0.15) is 34.6 Å². The number of methoxy groups -OCH3 is 3. The molecule has 1 aromatic heterocycles. The van der Waals surface area contributed by atoms with Gasteiger partial charge >= 0.3 is 12.3 Å². The number of carbonyl (C=O) groups excluding carboxylic acids is 2. The predicted molar refractivity (Wildman–Crippen MR) is 201 cm³/mol. The first-order valence-electron chi connectivity index (χ1n) is 17.2. The number of aromatic nitrogens is 2. The molecule has 0 unspecified atom stereocenters. The molecule has 15 heteroatoms. The van der Waals surface area contributed by atoms with E-state index in [1.54, 1.807) is 24.3 Å². The lowest BCUT2D eigenvalue weighted by Gasteiger charge is -2.34. The van der Waals surface area contributed by atoms with Gasteiger partial charge in [-0.15, -0.1) is 0 Å². The van der Waals surface area contributed by atoms with Gasteiger partial charge in [-0.3, -0.25) is 4.79 Å². The van der Waals surface area contributed by atoms with Crippen molar-refractivity contribution in [1.82, 2.24) is 14.9 Å². The summed E-state index contributed by atoms with van der Waals surface area (Å²) >= 11 is 0. The number of hydrogen-bond donors (Lipinski definition) is 1. The van der Waals surface area contributed by atoms with Crippen molar-refractivity contribution in [2.45, 2.75) is 12.6 Å². The highest BCUT2D eigenvalue weighted by atomic mass is 19.4. The average molecular weight is 757 g/mol. The minimum absolute atomic E-state index is 0.0453. The van der Waals surface area contributed by atoms with Crippen LogP contribution < -0.4 is 34.1 Å². The molecule has 1 aliphatic rings. The van der Waals surface area contributed by atoms with E-state index in [-0.39, 0.29) is 40.0 Å². The molecule has 5 aromatic rings. The number of rotatable bonds is 11. The highest BCUT2D eigenvalue weighted by molar-refractivity contribution is 6.05. The molecule has 0 saturated carbocycles. The van der Waals surface area contributed by atoms with Gasteiger partial charge in [0, 0.05) is 67.9 Å². The monoisotopic (exact) mass is 756 g/mol. The van der Waals surface area contributed by atoms with E-state index in [0.29, 0.717) is 18.0 Å². The molecule has 12 nitrogen and oxygen atoms in total. The minimum Gasteiger partial charge on any atom is -0.497 e. The van der Waals surface area contributed by atoms with Crippen molar-refractivity contribution in [2.24, 2.45) is 0 Å². The largest absolute Gasteiger partial charge is 0.497 e. The van der Waals surface area contributed by atoms with E-state index in [2.05, 4.69) is 39.3 Å². The molecule has 4 aromatic carbocycles. The molecule has 1 saturated heterocycles. The summed E-state index contributed by atoms with van der Waals surface area (Å²) in [5.74, 6) is 0.635. The normalized spacial score (nSPS) is 13.2. The quantitative estimate of drug-likeness (QED) is 0.146. The smallest absolute Gasteiger partial charge is 0.425 e. The number of nitrogens with one attached hydrogen (secondary N) is 1. The number of piperazine rings is 1. The molecule has 0 atom stereocenters. The summed E-state index contributed by atoms with van der Waals surface area (Å²) in [7, 11) is 6.41. The van der Waals surface area contributed by atoms with Crippen molar-refractivity contribution in [2.75, 3.05) is 69.7 Å². The number of nitrogens with zero attached hydrogens (tertiary/aromatic N) is 5. The number of ether oxygens (including phenoxy) is 4. The number of anilines is 4. The summed E-state index contributed by atoms with van der Waals surface area (Å²) in [6.07, 6.45) is -3.62. The Hall–Kier alpha value is -6.35. The van der Waals surface area contributed by atoms with Crippen LogP contribution in [-0.2, 0) is 12.6 Å². The maximum atomic E-state index is 14.2. The fourth-order valence-corrected chi connectivity index (χ4v) is 5.96. The second-order valence-electron chi connectivity index (χ2n) is 12.6. The second kappa shape index (κ2) is 16.8. The third-order valence-corrected chi connectivity index (χ3v) is 8.93. The van der Waals surface area contributed by atoms with E-state index in [0.717, 1.165) is 49.6 Å². The van der Waals surface area contributed by atoms with Crippen LogP contribution in [0.2, 0.25) is 0 Å². The van der Waals surface area contributed by atoms with Crippen molar-refractivity contribution in [3.05, 3.63) is 120 Å². The Bertz CT molecular complexity index is 2140. The van der Waals surface area contributed by atoms with Gasteiger partial charge in [0.15, 0.2) is 0 Å². The molecule has 2 amide bonds. The Labute approximate surface area is 316 Å². The molecule has 0 radical (unpaired) electrons. The third kappa shape index (κ3) is 9.42. The van der Waals surface area contributed by atoms with Gasteiger partial charge in [-0.25, -0.2) is 19.7 Å². The van der Waals surface area contributed by atoms with Crippen molar-refractivity contribution in [3.63, 3.8) is 0 Å². The summed E-state index contributed by atoms with van der Waals surface area (Å²) in [5, 5.41) is 2.46. The number of likely N-dealkylation sites (N-methyl/N-ethyl adjacent to an activating group) is 1. The van der Waals surface area contributed by atoms with E-state index in [1.807, 2.05) is 12.1 Å². The van der Waals surface area contributed by atoms with E-state index in [4.69, 9.17) is 23.9 Å². The summed E-state index contributed by atoms with van der Waals surface area (Å²) in [6.45, 7) is 3.90. The number of amides is 2. The Kier molecular flexibility index (Phi) is 11.7. The van der Waals surface area contributed by atoms with Crippen LogP contribution in [0.1, 0.15) is 27.3 Å². The SMILES string of the molecule is COc1cc(OC(=O)N(c2ccnc(Cc3ccc(N4CCN(C)CC4)cc3)n2)c2ccc(OC)cc2OC)cc(C(=O)Nc2cccc(C(F)(F)F)c2)c1. The molecule has 1 fully saturated rings. The van der Waals surface area contributed by atoms with Crippen LogP contribution in [0.25, 0.3) is 0 Å². The van der Waals surface area contributed by atoms with Gasteiger partial charge in [-0.2, -0.15) is 13.2 Å². The first-order valence-corrected chi connectivity index (χ1v) is 17.2. The Morgan fingerprint density at radius 3 is 2.24 bits per heavy atom. The van der Waals surface area contributed by atoms with Crippen molar-refractivity contribution >= 4 is 34.9 Å². The lowest BCUT2D eigenvalue weighted by atomic mass is 10.1. The molecule has 286 valence electrons. The Morgan fingerprint density at radius 2 is 1.55 bits per heavy atom. The topological polar surface area (TPSA) is 119 Å². The van der Waals surface area contributed by atoms with Crippen LogP contribution >= 0.6 is 0 Å². The maximum Gasteiger partial charge on any atom is 0.425 e. The van der Waals surface area contributed by atoms with Gasteiger partial charge in [0.2, 0.25) is 0 Å². The van der Waals surface area contributed by atoms with E-state index in [1.165, 1.54) is 62.8 Å². The van der Waals surface area contributed by atoms with Gasteiger partial charge in [-0.1, -0.05) is 18.2 Å². The highest BCUT2D eigenvalue weighted by Crippen LogP contribution is 2.37. The maximum absolute atomic E-state index is 14.2. The van der Waals surface area contributed by atoms with Crippen LogP contribution in [0.5, 0.6) is 23.0 Å². The molecule has 0 bridgehead atoms. The zero-order chi connectivity index (χ0) is 39.1. The first-order chi connectivity index (χ1) is 26.4. The van der Waals surface area contributed by atoms with Gasteiger partial charge in [-0.05, 0) is 73.3 Å². The summed E-state index contributed by atoms with van der Waals surface area (Å²) in [4.78, 5) is 42.5. The molecule has 0 aliphatic carbocycles. The number of carbonyl (C=O) groups is 2. The minimum atomic E-state index is -4.60. The lowest BCUT2D eigenvalue weighted by Crippen LogP contribution is -2.44. The molecule has 6 rings (SSSR count). The fourth-order valence-electron chi connectivity index (χ4n) is 5.96. The number of halogens is 3. The van der Waals surface area contributed by atoms with Crippen LogP contribution in [-0.4, -0.2) is 81.4 Å². The van der Waals surface area contributed by atoms with Crippen molar-refractivity contribution in [1.29, 1.82) is 0 Å². The van der Waals surface area contributed by atoms with Gasteiger partial charge in [0.25, 0.3) is 5.91 Å². The molecular formula is C40H39F3N6O6. The first kappa shape index (κ1) is 38.4. The Balaban J connectivity index is 1.28. The molecular weight excluding hydrogens is 717 g/mol. The highest BCUT2D eigenvalue weighted by Gasteiger charge is 2.31. The Morgan fingerprint density at radius 1 is 0.818 bits per heavy atom. The summed E-state index contributed by atoms with van der Waals surface area (Å²) < 4.78 is 62.1. The van der Waals surface area contributed by atoms with Crippen LogP contribution in [0.15, 0.2) is 97.2 Å². The summed E-state index contributed by atoms with van der Waals surface area (Å²) in [5.41, 5.74) is 1.33. The lowest BCUT2D eigenvalue weighted by molar-refractivity contribution is -0.137. The van der Waals surface area contributed by atoms with Crippen LogP contribution in [0.4, 0.5) is 40.8 Å². The molecule has 55 heavy (non-hydrogen) atoms. The van der Waals surface area contributed by atoms with Gasteiger partial charge < -0.3 is 34.1 Å². The van der Waals surface area contributed by atoms with Crippen molar-refractivity contribution in [3.8, 4) is 23.0 Å². The van der Waals surface area contributed by atoms with E-state index >= 15 is 0 Å². The number of hydrogen-bond acceptors (Lipinski definition) is 10. The predicted octanol–water partition coefficient (Wildman–Crippen LogP) is 7.45. The van der Waals surface area contributed by atoms with Gasteiger partial charge in [0.05, 0.1) is 32.6 Å². The average Bonchev–Trinajstić information content (AvgIpc) is 3.18. The molecule has 0 spiro atoms. The van der Waals surface area contributed by atoms with Crippen molar-refractivity contribution < 1.29 is 41.7 Å². The second-order valence-corrected chi connectivity index (χ2v) is 12.6. The number of alkyl halides is 3. The van der Waals surface area contributed by atoms with E-state index in [9.17, 15) is 22.8 Å². The zero-order valence-electron chi connectivity index (χ0n) is 30.6. The molecule has 2 heterocycles. The fraction of sp³-hybridized carbons (Fsp3) is 0.250.